The average molecular weight is 561 g/mol. The number of carbonyl (C=O) groups is 1. The van der Waals surface area contributed by atoms with Crippen LogP contribution in [-0.4, -0.2) is 41.9 Å². The average Bonchev–Trinajstić information content (AvgIpc) is 2.98. The van der Waals surface area contributed by atoms with Gasteiger partial charge in [0.05, 0.1) is 0 Å². The van der Waals surface area contributed by atoms with Crippen LogP contribution >= 0.6 is 11.6 Å². The van der Waals surface area contributed by atoms with Gasteiger partial charge in [-0.2, -0.15) is 0 Å². The van der Waals surface area contributed by atoms with Crippen molar-refractivity contribution in [2.75, 3.05) is 26.2 Å². The molecule has 40 heavy (non-hydrogen) atoms. The lowest BCUT2D eigenvalue weighted by Crippen LogP contribution is -2.34. The molecule has 0 saturated heterocycles. The first kappa shape index (κ1) is 31.9. The highest BCUT2D eigenvalue weighted by Gasteiger charge is 2.17. The molecule has 0 heterocycles. The quantitative estimate of drug-likeness (QED) is 0.144. The fourth-order valence-corrected chi connectivity index (χ4v) is 5.20. The molecule has 3 nitrogen and oxygen atoms in total. The zero-order valence-electron chi connectivity index (χ0n) is 25.0. The van der Waals surface area contributed by atoms with E-state index in [2.05, 4.69) is 62.1 Å². The van der Waals surface area contributed by atoms with Crippen LogP contribution in [0.3, 0.4) is 0 Å². The standard InChI is InChI=1S/C36H49ClN2O/c1-4-7-10-12-30-13-19-34(20-14-30)36(40)39(28-11-27-38(25-8-5-2)26-9-6-3)29-31-15-17-32(18-16-31)33-21-23-35(37)24-22-33/h13-24H,4-12,25-29H2,1-3H3. The molecule has 0 aliphatic rings. The van der Waals surface area contributed by atoms with Gasteiger partial charge in [-0.25, -0.2) is 0 Å². The molecule has 0 aliphatic carbocycles. The molecule has 0 fully saturated rings. The van der Waals surface area contributed by atoms with Gasteiger partial charge in [-0.1, -0.05) is 107 Å². The molecule has 216 valence electrons. The Balaban J connectivity index is 1.71. The van der Waals surface area contributed by atoms with Crippen LogP contribution in [0, 0.1) is 0 Å². The van der Waals surface area contributed by atoms with Crippen LogP contribution in [0.25, 0.3) is 11.1 Å². The van der Waals surface area contributed by atoms with Crippen LogP contribution in [-0.2, 0) is 13.0 Å². The second-order valence-corrected chi connectivity index (χ2v) is 11.4. The summed E-state index contributed by atoms with van der Waals surface area (Å²) in [5.41, 5.74) is 5.54. The lowest BCUT2D eigenvalue weighted by atomic mass is 10.0. The maximum Gasteiger partial charge on any atom is 0.254 e. The Hall–Kier alpha value is -2.62. The largest absolute Gasteiger partial charge is 0.334 e. The van der Waals surface area contributed by atoms with Crippen molar-refractivity contribution in [3.05, 3.63) is 94.5 Å². The van der Waals surface area contributed by atoms with Crippen molar-refractivity contribution in [2.24, 2.45) is 0 Å². The van der Waals surface area contributed by atoms with E-state index in [0.717, 1.165) is 66.3 Å². The summed E-state index contributed by atoms with van der Waals surface area (Å²) in [4.78, 5) is 18.4. The van der Waals surface area contributed by atoms with Crippen LogP contribution in [0.4, 0.5) is 0 Å². The number of amides is 1. The fraction of sp³-hybridized carbons (Fsp3) is 0.472. The zero-order chi connectivity index (χ0) is 28.6. The lowest BCUT2D eigenvalue weighted by Gasteiger charge is -2.26. The van der Waals surface area contributed by atoms with E-state index >= 15 is 0 Å². The number of hydrogen-bond donors (Lipinski definition) is 0. The summed E-state index contributed by atoms with van der Waals surface area (Å²) in [6, 6.07) is 24.8. The van der Waals surface area contributed by atoms with E-state index in [1.807, 2.05) is 41.3 Å². The van der Waals surface area contributed by atoms with E-state index in [1.165, 1.54) is 50.5 Å². The van der Waals surface area contributed by atoms with Crippen molar-refractivity contribution in [1.82, 2.24) is 9.80 Å². The second-order valence-electron chi connectivity index (χ2n) is 11.0. The van der Waals surface area contributed by atoms with Crippen LogP contribution in [0.15, 0.2) is 72.8 Å². The van der Waals surface area contributed by atoms with E-state index in [-0.39, 0.29) is 5.91 Å². The molecule has 1 amide bonds. The molecule has 0 aliphatic heterocycles. The normalized spacial score (nSPS) is 11.2. The van der Waals surface area contributed by atoms with Crippen molar-refractivity contribution < 1.29 is 4.79 Å². The highest BCUT2D eigenvalue weighted by atomic mass is 35.5. The van der Waals surface area contributed by atoms with Crippen molar-refractivity contribution in [3.8, 4) is 11.1 Å². The Morgan fingerprint density at radius 2 is 1.12 bits per heavy atom. The van der Waals surface area contributed by atoms with Crippen molar-refractivity contribution in [2.45, 2.75) is 85.1 Å². The van der Waals surface area contributed by atoms with Crippen LogP contribution in [0.5, 0.6) is 0 Å². The molecular weight excluding hydrogens is 512 g/mol. The summed E-state index contributed by atoms with van der Waals surface area (Å²) >= 11 is 6.07. The minimum atomic E-state index is 0.121. The number of unbranched alkanes of at least 4 members (excludes halogenated alkanes) is 4. The van der Waals surface area contributed by atoms with Crippen molar-refractivity contribution in [1.29, 1.82) is 0 Å². The number of benzene rings is 3. The first-order valence-corrected chi connectivity index (χ1v) is 15.9. The number of carbonyl (C=O) groups excluding carboxylic acids is 1. The third-order valence-corrected chi connectivity index (χ3v) is 7.87. The lowest BCUT2D eigenvalue weighted by molar-refractivity contribution is 0.0734. The highest BCUT2D eigenvalue weighted by Crippen LogP contribution is 2.23. The molecule has 0 N–H and O–H groups in total. The van der Waals surface area contributed by atoms with Crippen molar-refractivity contribution in [3.63, 3.8) is 0 Å². The predicted octanol–water partition coefficient (Wildman–Crippen LogP) is 9.67. The van der Waals surface area contributed by atoms with Crippen LogP contribution in [0.1, 0.15) is 93.6 Å². The third-order valence-electron chi connectivity index (χ3n) is 7.62. The molecule has 0 spiro atoms. The van der Waals surface area contributed by atoms with Gasteiger partial charge in [-0.15, -0.1) is 0 Å². The van der Waals surface area contributed by atoms with Crippen molar-refractivity contribution >= 4 is 17.5 Å². The molecule has 0 bridgehead atoms. The zero-order valence-corrected chi connectivity index (χ0v) is 25.8. The summed E-state index contributed by atoms with van der Waals surface area (Å²) in [6.07, 6.45) is 10.6. The number of aryl methyl sites for hydroxylation is 1. The summed E-state index contributed by atoms with van der Waals surface area (Å²) < 4.78 is 0. The van der Waals surface area contributed by atoms with Gasteiger partial charge < -0.3 is 9.80 Å². The Bertz CT molecular complexity index is 1100. The number of nitrogens with zero attached hydrogens (tertiary/aromatic N) is 2. The van der Waals surface area contributed by atoms with Gasteiger partial charge in [-0.05, 0) is 98.3 Å². The summed E-state index contributed by atoms with van der Waals surface area (Å²) in [5, 5.41) is 0.742. The van der Waals surface area contributed by atoms with E-state index in [1.54, 1.807) is 0 Å². The molecular formula is C36H49ClN2O. The molecule has 0 atom stereocenters. The first-order valence-electron chi connectivity index (χ1n) is 15.5. The van der Waals surface area contributed by atoms with Gasteiger partial charge in [0.2, 0.25) is 0 Å². The Labute approximate surface area is 248 Å². The number of halogens is 1. The van der Waals surface area contributed by atoms with E-state index in [4.69, 9.17) is 11.6 Å². The molecule has 0 aromatic heterocycles. The first-order chi connectivity index (χ1) is 19.5. The maximum atomic E-state index is 13.8. The number of hydrogen-bond acceptors (Lipinski definition) is 2. The second kappa shape index (κ2) is 17.9. The Kier molecular flexibility index (Phi) is 14.3. The molecule has 0 saturated carbocycles. The summed E-state index contributed by atoms with van der Waals surface area (Å²) in [5.74, 6) is 0.121. The Morgan fingerprint density at radius 1 is 0.600 bits per heavy atom. The third kappa shape index (κ3) is 10.7. The van der Waals surface area contributed by atoms with Crippen LogP contribution < -0.4 is 0 Å². The summed E-state index contributed by atoms with van der Waals surface area (Å²) in [6.45, 7) is 11.4. The van der Waals surface area contributed by atoms with Gasteiger partial charge in [0.15, 0.2) is 0 Å². The predicted molar refractivity (Wildman–Crippen MR) is 172 cm³/mol. The Morgan fingerprint density at radius 3 is 1.70 bits per heavy atom. The molecule has 0 unspecified atom stereocenters. The van der Waals surface area contributed by atoms with Gasteiger partial charge in [0.1, 0.15) is 0 Å². The SMILES string of the molecule is CCCCCc1ccc(C(=O)N(CCCN(CCCC)CCCC)Cc2ccc(-c3ccc(Cl)cc3)cc2)cc1. The molecule has 3 rings (SSSR count). The van der Waals surface area contributed by atoms with Gasteiger partial charge >= 0.3 is 0 Å². The monoisotopic (exact) mass is 560 g/mol. The topological polar surface area (TPSA) is 23.6 Å². The maximum absolute atomic E-state index is 13.8. The number of rotatable bonds is 18. The minimum absolute atomic E-state index is 0.121. The van der Waals surface area contributed by atoms with Gasteiger partial charge in [0, 0.05) is 23.7 Å². The van der Waals surface area contributed by atoms with Gasteiger partial charge in [-0.3, -0.25) is 4.79 Å². The van der Waals surface area contributed by atoms with E-state index in [0.29, 0.717) is 6.54 Å². The fourth-order valence-electron chi connectivity index (χ4n) is 5.08. The van der Waals surface area contributed by atoms with Gasteiger partial charge in [0.25, 0.3) is 5.91 Å². The molecule has 4 heteroatoms. The molecule has 3 aromatic carbocycles. The van der Waals surface area contributed by atoms with E-state index < -0.39 is 0 Å². The van der Waals surface area contributed by atoms with Crippen LogP contribution in [0.2, 0.25) is 5.02 Å². The molecule has 0 radical (unpaired) electrons. The summed E-state index contributed by atoms with van der Waals surface area (Å²) in [7, 11) is 0. The van der Waals surface area contributed by atoms with E-state index in [9.17, 15) is 4.79 Å². The smallest absolute Gasteiger partial charge is 0.254 e. The minimum Gasteiger partial charge on any atom is -0.334 e. The molecule has 3 aromatic rings. The highest BCUT2D eigenvalue weighted by molar-refractivity contribution is 6.30.